The summed E-state index contributed by atoms with van der Waals surface area (Å²) in [6.45, 7) is 12.7. The van der Waals surface area contributed by atoms with Crippen molar-refractivity contribution in [2.75, 3.05) is 18.0 Å². The van der Waals surface area contributed by atoms with Crippen molar-refractivity contribution >= 4 is 22.9 Å². The number of hydrogen-bond donors (Lipinski definition) is 1. The van der Waals surface area contributed by atoms with E-state index < -0.39 is 0 Å². The van der Waals surface area contributed by atoms with Crippen LogP contribution in [0.2, 0.25) is 0 Å². The van der Waals surface area contributed by atoms with Gasteiger partial charge in [0.05, 0.1) is 11.0 Å². The minimum atomic E-state index is 0.0216. The van der Waals surface area contributed by atoms with Crippen LogP contribution < -0.4 is 10.2 Å². The molecule has 1 aliphatic heterocycles. The lowest BCUT2D eigenvalue weighted by Gasteiger charge is -2.34. The molecule has 5 heteroatoms. The molecule has 1 amide bonds. The van der Waals surface area contributed by atoms with Gasteiger partial charge >= 0.3 is 0 Å². The molecular weight excluding hydrogens is 384 g/mol. The Morgan fingerprint density at radius 3 is 2.29 bits per heavy atom. The van der Waals surface area contributed by atoms with Gasteiger partial charge < -0.3 is 14.8 Å². The van der Waals surface area contributed by atoms with Crippen LogP contribution in [-0.4, -0.2) is 34.6 Å². The first kappa shape index (κ1) is 21.4. The van der Waals surface area contributed by atoms with E-state index in [9.17, 15) is 4.79 Å². The Labute approximate surface area is 185 Å². The summed E-state index contributed by atoms with van der Waals surface area (Å²) in [5.41, 5.74) is 4.29. The summed E-state index contributed by atoms with van der Waals surface area (Å²) < 4.78 is 2.32. The molecule has 0 aliphatic carbocycles. The van der Waals surface area contributed by atoms with E-state index in [1.165, 1.54) is 11.1 Å². The number of anilines is 1. The van der Waals surface area contributed by atoms with Gasteiger partial charge in [-0.05, 0) is 61.9 Å². The molecule has 0 atom stereocenters. The van der Waals surface area contributed by atoms with Crippen molar-refractivity contribution in [1.29, 1.82) is 0 Å². The summed E-state index contributed by atoms with van der Waals surface area (Å²) in [5, 5.41) is 3.24. The van der Waals surface area contributed by atoms with Crippen molar-refractivity contribution in [2.45, 2.75) is 65.0 Å². The second-order valence-corrected chi connectivity index (χ2v) is 9.93. The summed E-state index contributed by atoms with van der Waals surface area (Å²) >= 11 is 0. The summed E-state index contributed by atoms with van der Waals surface area (Å²) in [5.74, 6) is 1.06. The van der Waals surface area contributed by atoms with E-state index in [2.05, 4.69) is 79.7 Å². The van der Waals surface area contributed by atoms with Crippen LogP contribution in [-0.2, 0) is 5.41 Å². The fourth-order valence-electron chi connectivity index (χ4n) is 4.38. The third-order valence-electron chi connectivity index (χ3n) is 6.22. The first-order valence-corrected chi connectivity index (χ1v) is 11.4. The van der Waals surface area contributed by atoms with Crippen LogP contribution >= 0.6 is 0 Å². The van der Waals surface area contributed by atoms with Gasteiger partial charge in [-0.3, -0.25) is 4.79 Å². The molecule has 3 aromatic rings. The number of fused-ring (bicyclic) bond motifs is 1. The topological polar surface area (TPSA) is 50.2 Å². The highest BCUT2D eigenvalue weighted by Crippen LogP contribution is 2.29. The predicted octanol–water partition coefficient (Wildman–Crippen LogP) is 5.31. The van der Waals surface area contributed by atoms with Gasteiger partial charge in [0.25, 0.3) is 5.91 Å². The molecule has 2 heterocycles. The fraction of sp³-hybridized carbons (Fsp3) is 0.462. The SMILES string of the molecule is CC(C)n1c(N2CCC(NC(=O)c3ccc(C(C)(C)C)cc3)CC2)nc2ccccc21. The number of benzene rings is 2. The fourth-order valence-corrected chi connectivity index (χ4v) is 4.38. The molecule has 1 N–H and O–H groups in total. The van der Waals surface area contributed by atoms with E-state index in [1.807, 2.05) is 18.2 Å². The molecule has 0 bridgehead atoms. The first-order valence-electron chi connectivity index (χ1n) is 11.4. The van der Waals surface area contributed by atoms with E-state index in [1.54, 1.807) is 0 Å². The number of hydrogen-bond acceptors (Lipinski definition) is 3. The highest BCUT2D eigenvalue weighted by Gasteiger charge is 2.25. The molecule has 1 fully saturated rings. The number of nitrogens with one attached hydrogen (secondary N) is 1. The van der Waals surface area contributed by atoms with Crippen LogP contribution in [0.3, 0.4) is 0 Å². The number of aromatic nitrogens is 2. The average molecular weight is 419 g/mol. The van der Waals surface area contributed by atoms with Gasteiger partial charge in [-0.2, -0.15) is 0 Å². The summed E-state index contributed by atoms with van der Waals surface area (Å²) in [7, 11) is 0. The van der Waals surface area contributed by atoms with Gasteiger partial charge in [0.1, 0.15) is 0 Å². The van der Waals surface area contributed by atoms with Crippen LogP contribution in [0.4, 0.5) is 5.95 Å². The number of imidazole rings is 1. The van der Waals surface area contributed by atoms with Gasteiger partial charge in [0, 0.05) is 30.7 Å². The number of carbonyl (C=O) groups excluding carboxylic acids is 1. The standard InChI is InChI=1S/C26H34N4O/c1-18(2)30-23-9-7-6-8-22(23)28-25(30)29-16-14-21(15-17-29)27-24(31)19-10-12-20(13-11-19)26(3,4)5/h6-13,18,21H,14-17H2,1-5H3,(H,27,31). The number of carbonyl (C=O) groups is 1. The Balaban J connectivity index is 1.41. The van der Waals surface area contributed by atoms with Crippen molar-refractivity contribution in [3.05, 3.63) is 59.7 Å². The highest BCUT2D eigenvalue weighted by molar-refractivity contribution is 5.94. The number of amides is 1. The van der Waals surface area contributed by atoms with Crippen molar-refractivity contribution in [3.8, 4) is 0 Å². The largest absolute Gasteiger partial charge is 0.349 e. The third kappa shape index (κ3) is 4.46. The molecule has 31 heavy (non-hydrogen) atoms. The Morgan fingerprint density at radius 1 is 1.03 bits per heavy atom. The molecule has 1 aromatic heterocycles. The molecule has 0 unspecified atom stereocenters. The van der Waals surface area contributed by atoms with Crippen molar-refractivity contribution in [2.24, 2.45) is 0 Å². The van der Waals surface area contributed by atoms with E-state index in [4.69, 9.17) is 4.98 Å². The Bertz CT molecular complexity index is 1050. The Morgan fingerprint density at radius 2 is 1.68 bits per heavy atom. The average Bonchev–Trinajstić information content (AvgIpc) is 3.13. The van der Waals surface area contributed by atoms with Crippen LogP contribution in [0.25, 0.3) is 11.0 Å². The maximum Gasteiger partial charge on any atom is 0.251 e. The van der Waals surface area contributed by atoms with E-state index in [-0.39, 0.29) is 17.4 Å². The van der Waals surface area contributed by atoms with Gasteiger partial charge in [-0.1, -0.05) is 45.0 Å². The molecule has 1 saturated heterocycles. The molecule has 4 rings (SSSR count). The van der Waals surface area contributed by atoms with Crippen molar-refractivity contribution < 1.29 is 4.79 Å². The first-order chi connectivity index (χ1) is 14.7. The zero-order valence-electron chi connectivity index (χ0n) is 19.4. The van der Waals surface area contributed by atoms with E-state index >= 15 is 0 Å². The zero-order chi connectivity index (χ0) is 22.2. The number of para-hydroxylation sites is 2. The number of piperidine rings is 1. The molecule has 164 valence electrons. The molecule has 0 spiro atoms. The minimum Gasteiger partial charge on any atom is -0.349 e. The Kier molecular flexibility index (Phi) is 5.78. The van der Waals surface area contributed by atoms with Gasteiger partial charge in [0.15, 0.2) is 0 Å². The lowest BCUT2D eigenvalue weighted by molar-refractivity contribution is 0.0931. The molecular formula is C26H34N4O. The van der Waals surface area contributed by atoms with Crippen LogP contribution in [0.5, 0.6) is 0 Å². The van der Waals surface area contributed by atoms with E-state index in [0.717, 1.165) is 43.0 Å². The normalized spacial score (nSPS) is 15.6. The smallest absolute Gasteiger partial charge is 0.251 e. The van der Waals surface area contributed by atoms with Crippen molar-refractivity contribution in [1.82, 2.24) is 14.9 Å². The quantitative estimate of drug-likeness (QED) is 0.624. The van der Waals surface area contributed by atoms with Gasteiger partial charge in [-0.25, -0.2) is 4.98 Å². The summed E-state index contributed by atoms with van der Waals surface area (Å²) in [6.07, 6.45) is 1.85. The van der Waals surface area contributed by atoms with Crippen LogP contribution in [0.1, 0.15) is 69.4 Å². The van der Waals surface area contributed by atoms with Gasteiger partial charge in [0.2, 0.25) is 5.95 Å². The lowest BCUT2D eigenvalue weighted by Crippen LogP contribution is -2.45. The molecule has 1 aliphatic rings. The van der Waals surface area contributed by atoms with Crippen LogP contribution in [0.15, 0.2) is 48.5 Å². The summed E-state index contributed by atoms with van der Waals surface area (Å²) in [4.78, 5) is 20.0. The number of nitrogens with zero attached hydrogens (tertiary/aromatic N) is 3. The Hall–Kier alpha value is -2.82. The van der Waals surface area contributed by atoms with E-state index in [0.29, 0.717) is 6.04 Å². The summed E-state index contributed by atoms with van der Waals surface area (Å²) in [6, 6.07) is 16.9. The maximum atomic E-state index is 12.7. The lowest BCUT2D eigenvalue weighted by atomic mass is 9.86. The second-order valence-electron chi connectivity index (χ2n) is 9.93. The zero-order valence-corrected chi connectivity index (χ0v) is 19.4. The van der Waals surface area contributed by atoms with Crippen LogP contribution in [0, 0.1) is 0 Å². The molecule has 5 nitrogen and oxygen atoms in total. The van der Waals surface area contributed by atoms with Gasteiger partial charge in [-0.15, -0.1) is 0 Å². The monoisotopic (exact) mass is 418 g/mol. The van der Waals surface area contributed by atoms with Crippen molar-refractivity contribution in [3.63, 3.8) is 0 Å². The predicted molar refractivity (Wildman–Crippen MR) is 128 cm³/mol. The maximum absolute atomic E-state index is 12.7. The third-order valence-corrected chi connectivity index (χ3v) is 6.22. The minimum absolute atomic E-state index is 0.0216. The second kappa shape index (κ2) is 8.37. The molecule has 0 saturated carbocycles. The number of rotatable bonds is 4. The highest BCUT2D eigenvalue weighted by atomic mass is 16.1. The molecule has 0 radical (unpaired) electrons. The molecule has 2 aromatic carbocycles.